The molecule has 1 fully saturated rings. The quantitative estimate of drug-likeness (QED) is 0.869. The maximum atomic E-state index is 13.7. The van der Waals surface area contributed by atoms with Gasteiger partial charge in [-0.05, 0) is 23.8 Å². The summed E-state index contributed by atoms with van der Waals surface area (Å²) in [6, 6.07) is 7.75. The van der Waals surface area contributed by atoms with Crippen LogP contribution in [0.3, 0.4) is 0 Å². The molecule has 5 heteroatoms. The van der Waals surface area contributed by atoms with Gasteiger partial charge in [-0.25, -0.2) is 8.78 Å². The fourth-order valence-electron chi connectivity index (χ4n) is 2.40. The summed E-state index contributed by atoms with van der Waals surface area (Å²) in [6.07, 6.45) is 1.72. The lowest BCUT2D eigenvalue weighted by atomic mass is 10.1. The van der Waals surface area contributed by atoms with Crippen LogP contribution in [0.25, 0.3) is 11.3 Å². The van der Waals surface area contributed by atoms with Crippen LogP contribution in [0.4, 0.5) is 8.78 Å². The van der Waals surface area contributed by atoms with Gasteiger partial charge < -0.3 is 4.74 Å². The van der Waals surface area contributed by atoms with Crippen molar-refractivity contribution in [2.24, 2.45) is 0 Å². The predicted octanol–water partition coefficient (Wildman–Crippen LogP) is 2.86. The molecule has 0 saturated carbocycles. The van der Waals surface area contributed by atoms with E-state index < -0.39 is 11.6 Å². The van der Waals surface area contributed by atoms with Gasteiger partial charge in [0.05, 0.1) is 18.9 Å². The summed E-state index contributed by atoms with van der Waals surface area (Å²) in [4.78, 5) is 6.53. The van der Waals surface area contributed by atoms with Crippen molar-refractivity contribution < 1.29 is 13.5 Å². The van der Waals surface area contributed by atoms with Gasteiger partial charge in [0, 0.05) is 31.4 Å². The Kier molecular flexibility index (Phi) is 4.22. The number of rotatable bonds is 3. The monoisotopic (exact) mass is 290 g/mol. The van der Waals surface area contributed by atoms with Crippen LogP contribution < -0.4 is 0 Å². The summed E-state index contributed by atoms with van der Waals surface area (Å²) in [5, 5.41) is 0. The Bertz CT molecular complexity index is 610. The molecule has 0 N–H and O–H groups in total. The normalized spacial score (nSPS) is 16.1. The van der Waals surface area contributed by atoms with E-state index in [1.807, 2.05) is 6.07 Å². The molecule has 3 nitrogen and oxygen atoms in total. The first-order valence-electron chi connectivity index (χ1n) is 6.93. The maximum Gasteiger partial charge on any atom is 0.168 e. The summed E-state index contributed by atoms with van der Waals surface area (Å²) >= 11 is 0. The van der Waals surface area contributed by atoms with E-state index in [9.17, 15) is 8.78 Å². The zero-order valence-electron chi connectivity index (χ0n) is 11.6. The van der Waals surface area contributed by atoms with Crippen molar-refractivity contribution in [3.63, 3.8) is 0 Å². The van der Waals surface area contributed by atoms with E-state index in [1.165, 1.54) is 12.1 Å². The minimum absolute atomic E-state index is 0.188. The molecule has 0 spiro atoms. The minimum Gasteiger partial charge on any atom is -0.379 e. The second-order valence-corrected chi connectivity index (χ2v) is 5.04. The van der Waals surface area contributed by atoms with Gasteiger partial charge in [0.2, 0.25) is 0 Å². The van der Waals surface area contributed by atoms with Crippen LogP contribution in [0.15, 0.2) is 36.5 Å². The van der Waals surface area contributed by atoms with E-state index in [1.54, 1.807) is 12.3 Å². The number of hydrogen-bond donors (Lipinski definition) is 0. The highest BCUT2D eigenvalue weighted by molar-refractivity contribution is 5.59. The van der Waals surface area contributed by atoms with Gasteiger partial charge in [0.25, 0.3) is 0 Å². The molecular formula is C16H16F2N2O. The molecule has 2 aromatic rings. The number of halogens is 2. The lowest BCUT2D eigenvalue weighted by Gasteiger charge is -2.26. The predicted molar refractivity (Wildman–Crippen MR) is 75.7 cm³/mol. The van der Waals surface area contributed by atoms with Crippen LogP contribution >= 0.6 is 0 Å². The second-order valence-electron chi connectivity index (χ2n) is 5.04. The Labute approximate surface area is 122 Å². The molecule has 2 heterocycles. The standard InChI is InChI=1S/C16H16F2N2O/c17-14-3-1-2-13(16(14)18)15-5-4-12(10-19-15)11-20-6-8-21-9-7-20/h1-5,10H,6-9,11H2. The van der Waals surface area contributed by atoms with Crippen LogP contribution in [-0.4, -0.2) is 36.2 Å². The Morgan fingerprint density at radius 2 is 1.90 bits per heavy atom. The van der Waals surface area contributed by atoms with Crippen LogP contribution in [0, 0.1) is 11.6 Å². The van der Waals surface area contributed by atoms with Crippen molar-refractivity contribution in [3.05, 3.63) is 53.7 Å². The van der Waals surface area contributed by atoms with Gasteiger partial charge in [0.15, 0.2) is 11.6 Å². The molecule has 110 valence electrons. The highest BCUT2D eigenvalue weighted by Crippen LogP contribution is 2.22. The smallest absolute Gasteiger partial charge is 0.168 e. The molecule has 1 aromatic heterocycles. The van der Waals surface area contributed by atoms with Gasteiger partial charge in [-0.15, -0.1) is 0 Å². The van der Waals surface area contributed by atoms with Crippen molar-refractivity contribution >= 4 is 0 Å². The Morgan fingerprint density at radius 3 is 2.62 bits per heavy atom. The number of pyridine rings is 1. The second kappa shape index (κ2) is 6.28. The number of ether oxygens (including phenoxy) is 1. The lowest BCUT2D eigenvalue weighted by Crippen LogP contribution is -2.35. The van der Waals surface area contributed by atoms with Gasteiger partial charge >= 0.3 is 0 Å². The van der Waals surface area contributed by atoms with Crippen LogP contribution in [0.5, 0.6) is 0 Å². The van der Waals surface area contributed by atoms with Gasteiger partial charge in [-0.3, -0.25) is 9.88 Å². The topological polar surface area (TPSA) is 25.4 Å². The van der Waals surface area contributed by atoms with Gasteiger partial charge in [0.1, 0.15) is 0 Å². The summed E-state index contributed by atoms with van der Waals surface area (Å²) in [5.74, 6) is -1.71. The molecule has 0 amide bonds. The first-order chi connectivity index (χ1) is 10.2. The highest BCUT2D eigenvalue weighted by Gasteiger charge is 2.13. The molecule has 1 aliphatic heterocycles. The summed E-state index contributed by atoms with van der Waals surface area (Å²) in [5.41, 5.74) is 1.68. The van der Waals surface area contributed by atoms with Crippen molar-refractivity contribution in [1.29, 1.82) is 0 Å². The van der Waals surface area contributed by atoms with E-state index in [0.717, 1.165) is 44.5 Å². The fourth-order valence-corrected chi connectivity index (χ4v) is 2.40. The summed E-state index contributed by atoms with van der Waals surface area (Å²) in [6.45, 7) is 4.10. The zero-order chi connectivity index (χ0) is 14.7. The summed E-state index contributed by atoms with van der Waals surface area (Å²) < 4.78 is 32.3. The summed E-state index contributed by atoms with van der Waals surface area (Å²) in [7, 11) is 0. The molecule has 1 saturated heterocycles. The molecule has 1 aliphatic rings. The minimum atomic E-state index is -0.856. The number of nitrogens with zero attached hydrogens (tertiary/aromatic N) is 2. The Balaban J connectivity index is 1.75. The van der Waals surface area contributed by atoms with E-state index in [-0.39, 0.29) is 5.56 Å². The number of hydrogen-bond acceptors (Lipinski definition) is 3. The number of benzene rings is 1. The van der Waals surface area contributed by atoms with Crippen molar-refractivity contribution in [2.45, 2.75) is 6.54 Å². The number of aromatic nitrogens is 1. The Hall–Kier alpha value is -1.85. The average Bonchev–Trinajstić information content (AvgIpc) is 2.52. The Morgan fingerprint density at radius 1 is 1.10 bits per heavy atom. The fraction of sp³-hybridized carbons (Fsp3) is 0.312. The van der Waals surface area contributed by atoms with Crippen molar-refractivity contribution in [2.75, 3.05) is 26.3 Å². The molecule has 3 rings (SSSR count). The molecule has 0 radical (unpaired) electrons. The number of morpholine rings is 1. The van der Waals surface area contributed by atoms with Crippen LogP contribution in [-0.2, 0) is 11.3 Å². The van der Waals surface area contributed by atoms with Gasteiger partial charge in [-0.2, -0.15) is 0 Å². The van der Waals surface area contributed by atoms with Crippen molar-refractivity contribution in [1.82, 2.24) is 9.88 Å². The van der Waals surface area contributed by atoms with E-state index in [4.69, 9.17) is 4.74 Å². The molecular weight excluding hydrogens is 274 g/mol. The SMILES string of the molecule is Fc1cccc(-c2ccc(CN3CCOCC3)cn2)c1F. The van der Waals surface area contributed by atoms with E-state index >= 15 is 0 Å². The first-order valence-corrected chi connectivity index (χ1v) is 6.93. The molecule has 0 bridgehead atoms. The highest BCUT2D eigenvalue weighted by atomic mass is 19.2. The van der Waals surface area contributed by atoms with Crippen LogP contribution in [0.1, 0.15) is 5.56 Å². The molecule has 0 unspecified atom stereocenters. The molecule has 1 aromatic carbocycles. The van der Waals surface area contributed by atoms with Crippen LogP contribution in [0.2, 0.25) is 0 Å². The third kappa shape index (κ3) is 3.25. The third-order valence-electron chi connectivity index (χ3n) is 3.56. The molecule has 21 heavy (non-hydrogen) atoms. The molecule has 0 aliphatic carbocycles. The largest absolute Gasteiger partial charge is 0.379 e. The first kappa shape index (κ1) is 14.1. The lowest BCUT2D eigenvalue weighted by molar-refractivity contribution is 0.0341. The van der Waals surface area contributed by atoms with Crippen molar-refractivity contribution in [3.8, 4) is 11.3 Å². The maximum absolute atomic E-state index is 13.7. The average molecular weight is 290 g/mol. The third-order valence-corrected chi connectivity index (χ3v) is 3.56. The zero-order valence-corrected chi connectivity index (χ0v) is 11.6. The van der Waals surface area contributed by atoms with Gasteiger partial charge in [-0.1, -0.05) is 12.1 Å². The van der Waals surface area contributed by atoms with E-state index in [2.05, 4.69) is 9.88 Å². The van der Waals surface area contributed by atoms with E-state index in [0.29, 0.717) is 5.69 Å². The molecule has 0 atom stereocenters.